The first-order valence-electron chi connectivity index (χ1n) is 4.38. The summed E-state index contributed by atoms with van der Waals surface area (Å²) in [5.74, 6) is -2.97. The van der Waals surface area contributed by atoms with Crippen molar-refractivity contribution in [3.05, 3.63) is 0 Å². The molecule has 1 fully saturated rings. The predicted octanol–water partition coefficient (Wildman–Crippen LogP) is 2.67. The Labute approximate surface area is 78.9 Å². The van der Waals surface area contributed by atoms with Crippen LogP contribution in [-0.2, 0) is 0 Å². The molecule has 0 radical (unpaired) electrons. The second-order valence-electron chi connectivity index (χ2n) is 3.76. The van der Waals surface area contributed by atoms with Crippen molar-refractivity contribution < 1.29 is 22.0 Å². The highest BCUT2D eigenvalue weighted by molar-refractivity contribution is 4.84. The maximum atomic E-state index is 12.8. The van der Waals surface area contributed by atoms with Gasteiger partial charge in [0, 0.05) is 12.5 Å². The average molecular weight is 217 g/mol. The summed E-state index contributed by atoms with van der Waals surface area (Å²) in [7, 11) is 0. The van der Waals surface area contributed by atoms with E-state index in [4.69, 9.17) is 0 Å². The lowest BCUT2D eigenvalue weighted by Gasteiger charge is -2.37. The van der Waals surface area contributed by atoms with Gasteiger partial charge in [0.25, 0.3) is 5.92 Å². The van der Waals surface area contributed by atoms with E-state index in [1.165, 1.54) is 0 Å². The Kier molecular flexibility index (Phi) is 3.04. The summed E-state index contributed by atoms with van der Waals surface area (Å²) >= 11 is 0. The molecule has 1 rings (SSSR count). The van der Waals surface area contributed by atoms with E-state index >= 15 is 0 Å². The van der Waals surface area contributed by atoms with Crippen LogP contribution in [0.4, 0.5) is 22.0 Å². The monoisotopic (exact) mass is 217 g/mol. The molecule has 1 aliphatic rings. The van der Waals surface area contributed by atoms with Gasteiger partial charge in [0.15, 0.2) is 0 Å². The molecule has 0 aromatic rings. The molecule has 0 aromatic heterocycles. The third kappa shape index (κ3) is 3.40. The number of nitrogens with zero attached hydrogens (tertiary/aromatic N) is 1. The number of likely N-dealkylation sites (tertiary alicyclic amines) is 1. The van der Waals surface area contributed by atoms with Gasteiger partial charge in [0.1, 0.15) is 0 Å². The van der Waals surface area contributed by atoms with Crippen LogP contribution in [0.2, 0.25) is 0 Å². The van der Waals surface area contributed by atoms with Crippen molar-refractivity contribution >= 4 is 0 Å². The summed E-state index contributed by atoms with van der Waals surface area (Å²) in [6.07, 6.45) is -4.60. The second-order valence-corrected chi connectivity index (χ2v) is 3.76. The third-order valence-electron chi connectivity index (χ3n) is 2.37. The summed E-state index contributed by atoms with van der Waals surface area (Å²) in [6.45, 7) is -0.488. The maximum Gasteiger partial charge on any atom is 0.401 e. The highest BCUT2D eigenvalue weighted by Crippen LogP contribution is 2.31. The van der Waals surface area contributed by atoms with Crippen molar-refractivity contribution in [3.63, 3.8) is 0 Å². The Morgan fingerprint density at radius 2 is 1.93 bits per heavy atom. The zero-order valence-corrected chi connectivity index (χ0v) is 7.74. The lowest BCUT2D eigenvalue weighted by atomic mass is 10.0. The number of alkyl halides is 5. The predicted molar refractivity (Wildman–Crippen MR) is 41.3 cm³/mol. The molecule has 0 saturated carbocycles. The Balaban J connectivity index is 2.58. The fraction of sp³-hybridized carbons (Fsp3) is 1.00. The molecule has 0 amide bonds. The minimum Gasteiger partial charge on any atom is -0.286 e. The van der Waals surface area contributed by atoms with E-state index in [2.05, 4.69) is 0 Å². The molecule has 1 saturated heterocycles. The van der Waals surface area contributed by atoms with Gasteiger partial charge >= 0.3 is 6.18 Å². The zero-order valence-electron chi connectivity index (χ0n) is 7.74. The first-order valence-corrected chi connectivity index (χ1v) is 4.38. The van der Waals surface area contributed by atoms with E-state index in [-0.39, 0.29) is 12.8 Å². The van der Waals surface area contributed by atoms with Gasteiger partial charge in [-0.1, -0.05) is 0 Å². The molecule has 1 unspecified atom stereocenters. The van der Waals surface area contributed by atoms with Crippen molar-refractivity contribution in [2.24, 2.45) is 0 Å². The van der Waals surface area contributed by atoms with E-state index < -0.39 is 31.2 Å². The van der Waals surface area contributed by atoms with E-state index in [1.54, 1.807) is 6.92 Å². The van der Waals surface area contributed by atoms with Crippen molar-refractivity contribution in [1.29, 1.82) is 0 Å². The molecule has 1 atom stereocenters. The lowest BCUT2D eigenvalue weighted by molar-refractivity contribution is -0.171. The number of hydrogen-bond donors (Lipinski definition) is 0. The molecule has 1 nitrogen and oxygen atoms in total. The first-order chi connectivity index (χ1) is 6.20. The van der Waals surface area contributed by atoms with Gasteiger partial charge in [-0.25, -0.2) is 8.78 Å². The van der Waals surface area contributed by atoms with E-state index in [1.807, 2.05) is 0 Å². The highest BCUT2D eigenvalue weighted by Gasteiger charge is 2.42. The van der Waals surface area contributed by atoms with Crippen LogP contribution in [0, 0.1) is 0 Å². The Hall–Kier alpha value is -0.390. The second kappa shape index (κ2) is 3.64. The largest absolute Gasteiger partial charge is 0.401 e. The van der Waals surface area contributed by atoms with Crippen molar-refractivity contribution in [1.82, 2.24) is 4.90 Å². The molecule has 1 aliphatic heterocycles. The van der Waals surface area contributed by atoms with Crippen LogP contribution >= 0.6 is 0 Å². The minimum absolute atomic E-state index is 0.114. The number of halogens is 5. The van der Waals surface area contributed by atoms with Crippen LogP contribution in [0.25, 0.3) is 0 Å². The zero-order chi connectivity index (χ0) is 11.0. The molecule has 84 valence electrons. The molecule has 1 heterocycles. The molecule has 0 aromatic carbocycles. The van der Waals surface area contributed by atoms with Gasteiger partial charge in [-0.3, -0.25) is 4.90 Å². The summed E-state index contributed by atoms with van der Waals surface area (Å²) in [5.41, 5.74) is 0. The summed E-state index contributed by atoms with van der Waals surface area (Å²) in [4.78, 5) is 0.795. The number of hydrogen-bond acceptors (Lipinski definition) is 1. The Bertz CT molecular complexity index is 198. The maximum absolute atomic E-state index is 12.8. The summed E-state index contributed by atoms with van der Waals surface area (Å²) < 4.78 is 61.5. The van der Waals surface area contributed by atoms with Crippen LogP contribution in [0.5, 0.6) is 0 Å². The molecular formula is C8H12F5N. The standard InChI is InChI=1S/C8H12F5N/c1-6-2-3-7(9,10)4-14(6)5-8(11,12)13/h6H,2-5H2,1H3. The molecule has 0 spiro atoms. The quantitative estimate of drug-likeness (QED) is 0.610. The van der Waals surface area contributed by atoms with Crippen LogP contribution < -0.4 is 0 Å². The Morgan fingerprint density at radius 3 is 2.43 bits per heavy atom. The molecule has 14 heavy (non-hydrogen) atoms. The molecule has 6 heteroatoms. The normalized spacial score (nSPS) is 29.1. The summed E-state index contributed by atoms with van der Waals surface area (Å²) in [5, 5.41) is 0. The van der Waals surface area contributed by atoms with Crippen LogP contribution in [0.15, 0.2) is 0 Å². The molecular weight excluding hydrogens is 205 g/mol. The summed E-state index contributed by atoms with van der Waals surface area (Å²) in [6, 6.07) is -0.420. The fourth-order valence-corrected chi connectivity index (χ4v) is 1.58. The topological polar surface area (TPSA) is 3.24 Å². The smallest absolute Gasteiger partial charge is 0.286 e. The fourth-order valence-electron chi connectivity index (χ4n) is 1.58. The van der Waals surface area contributed by atoms with Gasteiger partial charge in [0.2, 0.25) is 0 Å². The molecule has 0 bridgehead atoms. The minimum atomic E-state index is -4.40. The average Bonchev–Trinajstić information content (AvgIpc) is 1.93. The lowest BCUT2D eigenvalue weighted by Crippen LogP contribution is -2.50. The van der Waals surface area contributed by atoms with E-state index in [9.17, 15) is 22.0 Å². The van der Waals surface area contributed by atoms with Gasteiger partial charge < -0.3 is 0 Å². The van der Waals surface area contributed by atoms with Gasteiger partial charge in [-0.2, -0.15) is 13.2 Å². The van der Waals surface area contributed by atoms with Crippen molar-refractivity contribution in [2.75, 3.05) is 13.1 Å². The SMILES string of the molecule is CC1CCC(F)(F)CN1CC(F)(F)F. The van der Waals surface area contributed by atoms with Crippen molar-refractivity contribution in [2.45, 2.75) is 37.9 Å². The van der Waals surface area contributed by atoms with Gasteiger partial charge in [-0.05, 0) is 13.3 Å². The third-order valence-corrected chi connectivity index (χ3v) is 2.37. The highest BCUT2D eigenvalue weighted by atomic mass is 19.4. The van der Waals surface area contributed by atoms with E-state index in [0.717, 1.165) is 4.90 Å². The number of rotatable bonds is 1. The van der Waals surface area contributed by atoms with E-state index in [0.29, 0.717) is 0 Å². The number of piperidine rings is 1. The first kappa shape index (κ1) is 11.7. The molecule has 0 N–H and O–H groups in total. The van der Waals surface area contributed by atoms with Gasteiger partial charge in [-0.15, -0.1) is 0 Å². The van der Waals surface area contributed by atoms with Crippen LogP contribution in [-0.4, -0.2) is 36.1 Å². The molecule has 0 aliphatic carbocycles. The van der Waals surface area contributed by atoms with Gasteiger partial charge in [0.05, 0.1) is 13.1 Å². The van der Waals surface area contributed by atoms with Crippen LogP contribution in [0.1, 0.15) is 19.8 Å². The van der Waals surface area contributed by atoms with Crippen molar-refractivity contribution in [3.8, 4) is 0 Å². The Morgan fingerprint density at radius 1 is 1.36 bits per heavy atom. The van der Waals surface area contributed by atoms with Crippen LogP contribution in [0.3, 0.4) is 0 Å².